The molecule has 26 heavy (non-hydrogen) atoms. The molecule has 10 nitrogen and oxygen atoms in total. The second-order valence-corrected chi connectivity index (χ2v) is 5.64. The van der Waals surface area contributed by atoms with Crippen molar-refractivity contribution in [3.8, 4) is 0 Å². The average Bonchev–Trinajstić information content (AvgIpc) is 3.38. The number of rotatable bonds is 7. The molecule has 132 valence electrons. The lowest BCUT2D eigenvalue weighted by atomic mass is 10.2. The zero-order chi connectivity index (χ0) is 17.8. The summed E-state index contributed by atoms with van der Waals surface area (Å²) in [6, 6.07) is 6.34. The summed E-state index contributed by atoms with van der Waals surface area (Å²) in [6.45, 7) is 1.50. The smallest absolute Gasteiger partial charge is 0.172 e. The lowest BCUT2D eigenvalue weighted by Crippen LogP contribution is -2.11. The fourth-order valence-electron chi connectivity index (χ4n) is 2.52. The summed E-state index contributed by atoms with van der Waals surface area (Å²) in [5, 5.41) is 19.7. The summed E-state index contributed by atoms with van der Waals surface area (Å²) in [5.41, 5.74) is 0.937. The highest BCUT2D eigenvalue weighted by molar-refractivity contribution is 5.16. The molecule has 11 heteroatoms. The van der Waals surface area contributed by atoms with Crippen molar-refractivity contribution < 1.29 is 4.39 Å². The van der Waals surface area contributed by atoms with Crippen LogP contribution in [-0.2, 0) is 26.1 Å². The molecule has 0 aliphatic heterocycles. The molecule has 0 N–H and O–H groups in total. The molecule has 4 rings (SSSR count). The number of hydrogen-bond donors (Lipinski definition) is 0. The molecule has 0 fully saturated rings. The summed E-state index contributed by atoms with van der Waals surface area (Å²) in [7, 11) is 0. The molecule has 0 amide bonds. The fourth-order valence-corrected chi connectivity index (χ4v) is 2.52. The maximum Gasteiger partial charge on any atom is 0.172 e. The number of nitrogens with zero attached hydrogens (tertiary/aromatic N) is 10. The number of tetrazole rings is 1. The van der Waals surface area contributed by atoms with Crippen molar-refractivity contribution in [2.24, 2.45) is 0 Å². The second kappa shape index (κ2) is 7.17. The van der Waals surface area contributed by atoms with Gasteiger partial charge in [0.05, 0.1) is 13.1 Å². The van der Waals surface area contributed by atoms with Gasteiger partial charge in [-0.05, 0) is 28.1 Å². The first-order valence-corrected chi connectivity index (χ1v) is 7.96. The maximum atomic E-state index is 13.1. The van der Waals surface area contributed by atoms with E-state index < -0.39 is 0 Å². The molecule has 0 saturated carbocycles. The molecule has 3 aromatic heterocycles. The number of hydrogen-bond acceptors (Lipinski definition) is 7. The Bertz CT molecular complexity index is 943. The third-order valence-corrected chi connectivity index (χ3v) is 3.76. The quantitative estimate of drug-likeness (QED) is 0.471. The molecule has 1 aromatic carbocycles. The van der Waals surface area contributed by atoms with Gasteiger partial charge in [0.25, 0.3) is 0 Å². The minimum Gasteiger partial charge on any atom is -0.245 e. The van der Waals surface area contributed by atoms with E-state index >= 15 is 0 Å². The van der Waals surface area contributed by atoms with Crippen molar-refractivity contribution >= 4 is 0 Å². The summed E-state index contributed by atoms with van der Waals surface area (Å²) in [4.78, 5) is 8.53. The minimum atomic E-state index is -0.266. The van der Waals surface area contributed by atoms with E-state index in [1.54, 1.807) is 34.2 Å². The highest BCUT2D eigenvalue weighted by atomic mass is 19.1. The first-order valence-electron chi connectivity index (χ1n) is 7.96. The Morgan fingerprint density at radius 1 is 1.00 bits per heavy atom. The predicted molar refractivity (Wildman–Crippen MR) is 86.2 cm³/mol. The normalized spacial score (nSPS) is 11.1. The Morgan fingerprint density at radius 3 is 2.62 bits per heavy atom. The van der Waals surface area contributed by atoms with Crippen molar-refractivity contribution in [3.63, 3.8) is 0 Å². The largest absolute Gasteiger partial charge is 0.245 e. The lowest BCUT2D eigenvalue weighted by molar-refractivity contribution is 0.548. The van der Waals surface area contributed by atoms with Gasteiger partial charge in [-0.3, -0.25) is 0 Å². The predicted octanol–water partition coefficient (Wildman–Crippen LogP) is 0.334. The monoisotopic (exact) mass is 354 g/mol. The Kier molecular flexibility index (Phi) is 4.41. The molecule has 3 heterocycles. The van der Waals surface area contributed by atoms with E-state index in [1.807, 2.05) is 4.68 Å². The Balaban J connectivity index is 1.56. The molecule has 0 saturated heterocycles. The van der Waals surface area contributed by atoms with E-state index in [9.17, 15) is 4.39 Å². The van der Waals surface area contributed by atoms with Crippen LogP contribution in [0.1, 0.15) is 17.2 Å². The van der Waals surface area contributed by atoms with E-state index in [0.29, 0.717) is 31.9 Å². The Hall–Kier alpha value is -3.50. The van der Waals surface area contributed by atoms with Gasteiger partial charge >= 0.3 is 0 Å². The minimum absolute atomic E-state index is 0.266. The Labute approximate surface area is 147 Å². The molecule has 0 aliphatic carbocycles. The van der Waals surface area contributed by atoms with Crippen LogP contribution in [0, 0.1) is 5.82 Å². The highest BCUT2D eigenvalue weighted by Gasteiger charge is 2.12. The van der Waals surface area contributed by atoms with Gasteiger partial charge in [-0.15, -0.1) is 5.10 Å². The van der Waals surface area contributed by atoms with Crippen LogP contribution in [0.3, 0.4) is 0 Å². The molecule has 0 aliphatic rings. The van der Waals surface area contributed by atoms with E-state index in [4.69, 9.17) is 0 Å². The first kappa shape index (κ1) is 16.0. The van der Waals surface area contributed by atoms with E-state index in [2.05, 4.69) is 35.7 Å². The average molecular weight is 354 g/mol. The van der Waals surface area contributed by atoms with Crippen molar-refractivity contribution in [2.45, 2.75) is 26.1 Å². The standard InChI is InChI=1S/C15H15FN10/c16-13-3-1-12(2-4-13)7-26-15(5-6-24-11-18-22-23-24)20-14(21-26)8-25-10-17-9-19-25/h1-4,9-11H,5-8H2. The third-order valence-electron chi connectivity index (χ3n) is 3.76. The number of aromatic nitrogens is 10. The van der Waals surface area contributed by atoms with Crippen LogP contribution < -0.4 is 0 Å². The topological polar surface area (TPSA) is 105 Å². The number of aryl methyl sites for hydroxylation is 2. The van der Waals surface area contributed by atoms with E-state index in [1.165, 1.54) is 18.5 Å². The molecule has 4 aromatic rings. The van der Waals surface area contributed by atoms with Crippen LogP contribution in [0.15, 0.2) is 43.2 Å². The van der Waals surface area contributed by atoms with Gasteiger partial charge in [0.2, 0.25) is 0 Å². The number of halogens is 1. The van der Waals surface area contributed by atoms with Gasteiger partial charge < -0.3 is 0 Å². The van der Waals surface area contributed by atoms with Crippen molar-refractivity contribution in [1.82, 2.24) is 49.7 Å². The van der Waals surface area contributed by atoms with Crippen molar-refractivity contribution in [3.05, 3.63) is 66.3 Å². The second-order valence-electron chi connectivity index (χ2n) is 5.64. The van der Waals surface area contributed by atoms with Gasteiger partial charge in [0, 0.05) is 6.42 Å². The highest BCUT2D eigenvalue weighted by Crippen LogP contribution is 2.09. The van der Waals surface area contributed by atoms with Crippen LogP contribution >= 0.6 is 0 Å². The summed E-state index contributed by atoms with van der Waals surface area (Å²) < 4.78 is 18.2. The zero-order valence-electron chi connectivity index (χ0n) is 13.7. The molecule has 0 unspecified atom stereocenters. The maximum absolute atomic E-state index is 13.1. The molecular formula is C15H15FN10. The SMILES string of the molecule is Fc1ccc(Cn2nc(Cn3cncn3)nc2CCn2cnnn2)cc1. The summed E-state index contributed by atoms with van der Waals surface area (Å²) in [5.74, 6) is 1.15. The van der Waals surface area contributed by atoms with Crippen molar-refractivity contribution in [1.29, 1.82) is 0 Å². The van der Waals surface area contributed by atoms with Gasteiger partial charge in [-0.2, -0.15) is 10.2 Å². The number of benzene rings is 1. The van der Waals surface area contributed by atoms with Gasteiger partial charge in [-0.1, -0.05) is 12.1 Å². The van der Waals surface area contributed by atoms with Crippen LogP contribution in [0.2, 0.25) is 0 Å². The van der Waals surface area contributed by atoms with Crippen LogP contribution in [0.25, 0.3) is 0 Å². The third kappa shape index (κ3) is 3.77. The zero-order valence-corrected chi connectivity index (χ0v) is 13.7. The van der Waals surface area contributed by atoms with E-state index in [0.717, 1.165) is 11.4 Å². The Morgan fingerprint density at radius 2 is 1.88 bits per heavy atom. The summed E-state index contributed by atoms with van der Waals surface area (Å²) in [6.07, 6.45) is 5.24. The van der Waals surface area contributed by atoms with Crippen LogP contribution in [0.4, 0.5) is 4.39 Å². The van der Waals surface area contributed by atoms with Gasteiger partial charge in [0.15, 0.2) is 5.82 Å². The molecule has 0 bridgehead atoms. The fraction of sp³-hybridized carbons (Fsp3) is 0.267. The molecule has 0 radical (unpaired) electrons. The van der Waals surface area contributed by atoms with Crippen LogP contribution in [-0.4, -0.2) is 49.7 Å². The first-order chi connectivity index (χ1) is 12.8. The van der Waals surface area contributed by atoms with Gasteiger partial charge in [0.1, 0.15) is 37.2 Å². The van der Waals surface area contributed by atoms with Crippen molar-refractivity contribution in [2.75, 3.05) is 0 Å². The molecule has 0 atom stereocenters. The molecular weight excluding hydrogens is 339 g/mol. The van der Waals surface area contributed by atoms with E-state index in [-0.39, 0.29) is 5.82 Å². The van der Waals surface area contributed by atoms with Crippen LogP contribution in [0.5, 0.6) is 0 Å². The molecule has 0 spiro atoms. The van der Waals surface area contributed by atoms with Gasteiger partial charge in [-0.25, -0.2) is 28.4 Å². The lowest BCUT2D eigenvalue weighted by Gasteiger charge is -2.06. The summed E-state index contributed by atoms with van der Waals surface area (Å²) >= 11 is 0.